The lowest BCUT2D eigenvalue weighted by Crippen LogP contribution is -2.15. The normalized spacial score (nSPS) is 25.5. The van der Waals surface area contributed by atoms with Crippen LogP contribution in [0.15, 0.2) is 16.9 Å². The first-order chi connectivity index (χ1) is 7.15. The maximum absolute atomic E-state index is 4.29. The van der Waals surface area contributed by atoms with E-state index in [0.717, 1.165) is 16.2 Å². The molecule has 0 amide bonds. The second kappa shape index (κ2) is 4.52. The van der Waals surface area contributed by atoms with Crippen LogP contribution in [0.5, 0.6) is 0 Å². The first kappa shape index (κ1) is 10.9. The molecule has 1 aromatic rings. The van der Waals surface area contributed by atoms with Crippen molar-refractivity contribution in [3.8, 4) is 0 Å². The standard InChI is InChI=1S/C12H17BrN2/c1-8-3-4-10(5-8)15-11-6-9(2)12(13)14-7-11/h6-8,10,15H,3-5H2,1-2H3. The summed E-state index contributed by atoms with van der Waals surface area (Å²) < 4.78 is 0.938. The van der Waals surface area contributed by atoms with Gasteiger partial charge in [0.05, 0.1) is 11.9 Å². The predicted octanol–water partition coefficient (Wildman–Crippen LogP) is 3.75. The molecule has 0 spiro atoms. The minimum Gasteiger partial charge on any atom is -0.381 e. The van der Waals surface area contributed by atoms with Gasteiger partial charge >= 0.3 is 0 Å². The average molecular weight is 269 g/mol. The maximum Gasteiger partial charge on any atom is 0.109 e. The van der Waals surface area contributed by atoms with Gasteiger partial charge in [0.25, 0.3) is 0 Å². The monoisotopic (exact) mass is 268 g/mol. The zero-order chi connectivity index (χ0) is 10.8. The third kappa shape index (κ3) is 2.71. The van der Waals surface area contributed by atoms with Crippen molar-refractivity contribution in [2.24, 2.45) is 5.92 Å². The molecule has 1 N–H and O–H groups in total. The molecular weight excluding hydrogens is 252 g/mol. The Kier molecular flexibility index (Phi) is 3.29. The van der Waals surface area contributed by atoms with Gasteiger partial charge in [-0.25, -0.2) is 4.98 Å². The number of hydrogen-bond donors (Lipinski definition) is 1. The number of aryl methyl sites for hydroxylation is 1. The van der Waals surface area contributed by atoms with E-state index in [1.54, 1.807) is 0 Å². The Labute approximate surface area is 99.6 Å². The SMILES string of the molecule is Cc1cc(NC2CCC(C)C2)cnc1Br. The Hall–Kier alpha value is -0.570. The highest BCUT2D eigenvalue weighted by Gasteiger charge is 2.20. The third-order valence-corrected chi connectivity index (χ3v) is 3.91. The molecule has 1 heterocycles. The van der Waals surface area contributed by atoms with Crippen LogP contribution in [0.1, 0.15) is 31.7 Å². The van der Waals surface area contributed by atoms with Gasteiger partial charge in [0.1, 0.15) is 4.60 Å². The fourth-order valence-electron chi connectivity index (χ4n) is 2.21. The van der Waals surface area contributed by atoms with Crippen molar-refractivity contribution in [2.75, 3.05) is 5.32 Å². The van der Waals surface area contributed by atoms with Gasteiger partial charge in [-0.15, -0.1) is 0 Å². The van der Waals surface area contributed by atoms with Crippen molar-refractivity contribution in [1.29, 1.82) is 0 Å². The fraction of sp³-hybridized carbons (Fsp3) is 0.583. The van der Waals surface area contributed by atoms with E-state index in [2.05, 4.69) is 46.1 Å². The molecule has 0 aliphatic heterocycles. The summed E-state index contributed by atoms with van der Waals surface area (Å²) in [6.45, 7) is 4.40. The molecule has 1 saturated carbocycles. The molecule has 2 rings (SSSR count). The number of nitrogens with one attached hydrogen (secondary N) is 1. The van der Waals surface area contributed by atoms with E-state index in [-0.39, 0.29) is 0 Å². The van der Waals surface area contributed by atoms with Crippen LogP contribution in [-0.2, 0) is 0 Å². The maximum atomic E-state index is 4.29. The van der Waals surface area contributed by atoms with Crippen LogP contribution in [0, 0.1) is 12.8 Å². The molecular formula is C12H17BrN2. The number of hydrogen-bond acceptors (Lipinski definition) is 2. The van der Waals surface area contributed by atoms with Crippen LogP contribution in [0.2, 0.25) is 0 Å². The molecule has 0 saturated heterocycles. The van der Waals surface area contributed by atoms with Crippen molar-refractivity contribution in [1.82, 2.24) is 4.98 Å². The number of halogens is 1. The summed E-state index contributed by atoms with van der Waals surface area (Å²) in [5.41, 5.74) is 2.33. The minimum absolute atomic E-state index is 0.641. The van der Waals surface area contributed by atoms with Crippen molar-refractivity contribution >= 4 is 21.6 Å². The average Bonchev–Trinajstić information content (AvgIpc) is 2.58. The summed E-state index contributed by atoms with van der Waals surface area (Å²) in [6.07, 6.45) is 5.83. The molecule has 15 heavy (non-hydrogen) atoms. The Morgan fingerprint density at radius 2 is 2.27 bits per heavy atom. The molecule has 1 aliphatic rings. The fourth-order valence-corrected chi connectivity index (χ4v) is 2.43. The van der Waals surface area contributed by atoms with E-state index in [1.807, 2.05) is 6.20 Å². The van der Waals surface area contributed by atoms with Crippen molar-refractivity contribution < 1.29 is 0 Å². The van der Waals surface area contributed by atoms with Crippen molar-refractivity contribution in [3.63, 3.8) is 0 Å². The number of pyridine rings is 1. The highest BCUT2D eigenvalue weighted by Crippen LogP contribution is 2.28. The summed E-state index contributed by atoms with van der Waals surface area (Å²) in [5, 5.41) is 3.56. The third-order valence-electron chi connectivity index (χ3n) is 3.08. The van der Waals surface area contributed by atoms with E-state index < -0.39 is 0 Å². The summed E-state index contributed by atoms with van der Waals surface area (Å²) in [4.78, 5) is 4.29. The van der Waals surface area contributed by atoms with Crippen LogP contribution in [0.3, 0.4) is 0 Å². The summed E-state index contributed by atoms with van der Waals surface area (Å²) in [6, 6.07) is 2.79. The second-order valence-electron chi connectivity index (χ2n) is 4.59. The first-order valence-electron chi connectivity index (χ1n) is 5.54. The van der Waals surface area contributed by atoms with Crippen molar-refractivity contribution in [3.05, 3.63) is 22.4 Å². The first-order valence-corrected chi connectivity index (χ1v) is 6.33. The van der Waals surface area contributed by atoms with Gasteiger partial charge in [-0.1, -0.05) is 6.92 Å². The van der Waals surface area contributed by atoms with Gasteiger partial charge in [0, 0.05) is 6.04 Å². The van der Waals surface area contributed by atoms with Crippen LogP contribution >= 0.6 is 15.9 Å². The Morgan fingerprint density at radius 1 is 1.47 bits per heavy atom. The number of anilines is 1. The number of rotatable bonds is 2. The molecule has 2 unspecified atom stereocenters. The van der Waals surface area contributed by atoms with Gasteiger partial charge in [-0.05, 0) is 59.7 Å². The van der Waals surface area contributed by atoms with Crippen LogP contribution in [0.25, 0.3) is 0 Å². The lowest BCUT2D eigenvalue weighted by atomic mass is 10.1. The largest absolute Gasteiger partial charge is 0.381 e. The van der Waals surface area contributed by atoms with Gasteiger partial charge < -0.3 is 5.32 Å². The van der Waals surface area contributed by atoms with Crippen LogP contribution < -0.4 is 5.32 Å². The second-order valence-corrected chi connectivity index (χ2v) is 5.34. The molecule has 1 aliphatic carbocycles. The van der Waals surface area contributed by atoms with Gasteiger partial charge in [0.2, 0.25) is 0 Å². The molecule has 0 bridgehead atoms. The van der Waals surface area contributed by atoms with E-state index in [1.165, 1.54) is 24.8 Å². The zero-order valence-corrected chi connectivity index (χ0v) is 10.8. The van der Waals surface area contributed by atoms with E-state index in [4.69, 9.17) is 0 Å². The molecule has 2 atom stereocenters. The molecule has 3 heteroatoms. The summed E-state index contributed by atoms with van der Waals surface area (Å²) in [5.74, 6) is 0.868. The highest BCUT2D eigenvalue weighted by atomic mass is 79.9. The quantitative estimate of drug-likeness (QED) is 0.827. The summed E-state index contributed by atoms with van der Waals surface area (Å²) >= 11 is 3.41. The van der Waals surface area contributed by atoms with E-state index in [9.17, 15) is 0 Å². The summed E-state index contributed by atoms with van der Waals surface area (Å²) in [7, 11) is 0. The topological polar surface area (TPSA) is 24.9 Å². The van der Waals surface area contributed by atoms with Crippen LogP contribution in [-0.4, -0.2) is 11.0 Å². The molecule has 1 fully saturated rings. The van der Waals surface area contributed by atoms with E-state index in [0.29, 0.717) is 6.04 Å². The van der Waals surface area contributed by atoms with Crippen LogP contribution in [0.4, 0.5) is 5.69 Å². The van der Waals surface area contributed by atoms with Gasteiger partial charge in [-0.2, -0.15) is 0 Å². The highest BCUT2D eigenvalue weighted by molar-refractivity contribution is 9.10. The Balaban J connectivity index is 2.02. The molecule has 2 nitrogen and oxygen atoms in total. The Bertz CT molecular complexity index is 351. The minimum atomic E-state index is 0.641. The molecule has 0 aromatic carbocycles. The number of aromatic nitrogens is 1. The lowest BCUT2D eigenvalue weighted by molar-refractivity contribution is 0.602. The van der Waals surface area contributed by atoms with Gasteiger partial charge in [0.15, 0.2) is 0 Å². The van der Waals surface area contributed by atoms with E-state index >= 15 is 0 Å². The van der Waals surface area contributed by atoms with Gasteiger partial charge in [-0.3, -0.25) is 0 Å². The zero-order valence-electron chi connectivity index (χ0n) is 9.26. The molecule has 0 radical (unpaired) electrons. The smallest absolute Gasteiger partial charge is 0.109 e. The number of nitrogens with zero attached hydrogens (tertiary/aromatic N) is 1. The molecule has 82 valence electrons. The molecule has 1 aromatic heterocycles. The predicted molar refractivity (Wildman–Crippen MR) is 67.1 cm³/mol. The Morgan fingerprint density at radius 3 is 2.87 bits per heavy atom. The van der Waals surface area contributed by atoms with Crippen molar-refractivity contribution in [2.45, 2.75) is 39.2 Å². The lowest BCUT2D eigenvalue weighted by Gasteiger charge is -2.14.